The van der Waals surface area contributed by atoms with Crippen molar-refractivity contribution in [2.24, 2.45) is 5.41 Å². The second-order valence-electron chi connectivity index (χ2n) is 6.24. The fourth-order valence-corrected chi connectivity index (χ4v) is 1.66. The number of aliphatic hydroxyl groups excluding tert-OH is 1. The molecule has 0 amide bonds. The number of hydrogen-bond acceptors (Lipinski definition) is 2. The van der Waals surface area contributed by atoms with Crippen LogP contribution < -0.4 is 5.32 Å². The summed E-state index contributed by atoms with van der Waals surface area (Å²) in [5, 5.41) is 13.2. The monoisotopic (exact) mass is 249 g/mol. The summed E-state index contributed by atoms with van der Waals surface area (Å²) in [7, 11) is 0. The molecule has 0 rings (SSSR count). The molecule has 2 nitrogen and oxygen atoms in total. The summed E-state index contributed by atoms with van der Waals surface area (Å²) in [6.45, 7) is 13.9. The molecule has 2 atom stereocenters. The lowest BCUT2D eigenvalue weighted by Gasteiger charge is -2.31. The van der Waals surface area contributed by atoms with Gasteiger partial charge in [-0.1, -0.05) is 27.7 Å². The van der Waals surface area contributed by atoms with Crippen molar-refractivity contribution < 1.29 is 5.11 Å². The smallest absolute Gasteiger partial charge is 0.0713 e. The third kappa shape index (κ3) is 8.50. The quantitative estimate of drug-likeness (QED) is 0.560. The largest absolute Gasteiger partial charge is 0.391 e. The van der Waals surface area contributed by atoms with E-state index in [0.717, 1.165) is 13.0 Å². The lowest BCUT2D eigenvalue weighted by atomic mass is 9.90. The van der Waals surface area contributed by atoms with Gasteiger partial charge in [0.2, 0.25) is 0 Å². The maximum Gasteiger partial charge on any atom is 0.0713 e. The van der Waals surface area contributed by atoms with E-state index >= 15 is 0 Å². The zero-order chi connectivity index (χ0) is 12.1. The van der Waals surface area contributed by atoms with Gasteiger partial charge in [0.1, 0.15) is 0 Å². The van der Waals surface area contributed by atoms with Gasteiger partial charge >= 0.3 is 0 Å². The van der Waals surface area contributed by atoms with Crippen LogP contribution in [0.1, 0.15) is 60.8 Å². The Balaban J connectivity index is 0. The van der Waals surface area contributed by atoms with Gasteiger partial charge in [0.25, 0.3) is 0 Å². The highest BCUT2D eigenvalue weighted by Gasteiger charge is 2.25. The topological polar surface area (TPSA) is 32.3 Å². The zero-order valence-corrected chi connectivity index (χ0v) is 13.5. The fourth-order valence-electron chi connectivity index (χ4n) is 1.66. The van der Waals surface area contributed by atoms with Crippen LogP contribution in [0.5, 0.6) is 0 Å². The molecule has 0 aromatic heterocycles. The highest BCUT2D eigenvalue weighted by molar-refractivity contribution is 6.92. The van der Waals surface area contributed by atoms with Crippen molar-refractivity contribution in [3.63, 3.8) is 0 Å². The van der Waals surface area contributed by atoms with Crippen molar-refractivity contribution >= 4 is 9.90 Å². The molecule has 0 aliphatic heterocycles. The Morgan fingerprint density at radius 3 is 2.00 bits per heavy atom. The van der Waals surface area contributed by atoms with Crippen LogP contribution in [-0.2, 0) is 0 Å². The lowest BCUT2D eigenvalue weighted by molar-refractivity contribution is 0.0765. The first kappa shape index (κ1) is 18.7. The van der Waals surface area contributed by atoms with E-state index in [4.69, 9.17) is 0 Å². The molecule has 0 aromatic rings. The van der Waals surface area contributed by atoms with Crippen LogP contribution in [0.4, 0.5) is 0 Å². The van der Waals surface area contributed by atoms with E-state index in [2.05, 4.69) is 39.9 Å². The number of hydrogen-bond donors (Lipinski definition) is 2. The van der Waals surface area contributed by atoms with Gasteiger partial charge in [0.15, 0.2) is 0 Å². The normalized spacial score (nSPS) is 14.4. The molecular weight excluding hydrogens is 217 g/mol. The molecule has 100 valence electrons. The van der Waals surface area contributed by atoms with Crippen molar-refractivity contribution in [3.8, 4) is 0 Å². The number of nitrogens with one attached hydrogen (secondary N) is 1. The third-order valence-electron chi connectivity index (χ3n) is 2.90. The maximum atomic E-state index is 9.78. The van der Waals surface area contributed by atoms with Crippen LogP contribution in [0.25, 0.3) is 0 Å². The van der Waals surface area contributed by atoms with Crippen molar-refractivity contribution in [2.45, 2.75) is 72.4 Å². The average Bonchev–Trinajstić information content (AvgIpc) is 2.09. The van der Waals surface area contributed by atoms with Crippen LogP contribution in [0, 0.1) is 5.41 Å². The molecule has 0 bridgehead atoms. The summed E-state index contributed by atoms with van der Waals surface area (Å²) < 4.78 is 0. The van der Waals surface area contributed by atoms with E-state index in [9.17, 15) is 5.11 Å². The predicted octanol–water partition coefficient (Wildman–Crippen LogP) is 3.01. The highest BCUT2D eigenvalue weighted by atomic mass is 31.0. The van der Waals surface area contributed by atoms with Gasteiger partial charge in [-0.05, 0) is 45.1 Å². The van der Waals surface area contributed by atoms with E-state index < -0.39 is 0 Å². The van der Waals surface area contributed by atoms with Gasteiger partial charge < -0.3 is 10.4 Å². The average molecular weight is 249 g/mol. The Morgan fingerprint density at radius 2 is 1.62 bits per heavy atom. The molecule has 2 unspecified atom stereocenters. The maximum absolute atomic E-state index is 9.78. The van der Waals surface area contributed by atoms with E-state index in [1.807, 2.05) is 6.92 Å². The Bertz CT molecular complexity index is 175. The standard InChI is InChI=1S/C13H29NO.H3P/c1-7-11(15)13(5,6)14-10-8-9-12(2,3)4;/h11,14-15H,7-10H2,1-6H3;1H3. The van der Waals surface area contributed by atoms with E-state index in [1.54, 1.807) is 0 Å². The molecule has 0 aromatic carbocycles. The van der Waals surface area contributed by atoms with Crippen LogP contribution in [0.2, 0.25) is 0 Å². The predicted molar refractivity (Wildman–Crippen MR) is 78.2 cm³/mol. The van der Waals surface area contributed by atoms with Gasteiger partial charge in [-0.15, -0.1) is 0 Å². The fraction of sp³-hybridized carbons (Fsp3) is 1.00. The Hall–Kier alpha value is 0.350. The Labute approximate surface area is 105 Å². The van der Waals surface area contributed by atoms with Gasteiger partial charge in [0.05, 0.1) is 6.10 Å². The zero-order valence-electron chi connectivity index (χ0n) is 12.1. The molecular formula is C13H32NOP. The molecule has 16 heavy (non-hydrogen) atoms. The molecule has 0 aliphatic carbocycles. The van der Waals surface area contributed by atoms with E-state index in [0.29, 0.717) is 5.41 Å². The molecule has 0 saturated heterocycles. The summed E-state index contributed by atoms with van der Waals surface area (Å²) in [6.07, 6.45) is 2.94. The summed E-state index contributed by atoms with van der Waals surface area (Å²) in [6, 6.07) is 0. The Morgan fingerprint density at radius 1 is 1.12 bits per heavy atom. The minimum absolute atomic E-state index is 0. The van der Waals surface area contributed by atoms with E-state index in [-0.39, 0.29) is 21.5 Å². The van der Waals surface area contributed by atoms with Gasteiger partial charge in [-0.3, -0.25) is 0 Å². The van der Waals surface area contributed by atoms with Crippen LogP contribution in [0.3, 0.4) is 0 Å². The number of aliphatic hydroxyl groups is 1. The summed E-state index contributed by atoms with van der Waals surface area (Å²) >= 11 is 0. The van der Waals surface area contributed by atoms with Gasteiger partial charge in [0, 0.05) is 5.54 Å². The molecule has 0 heterocycles. The van der Waals surface area contributed by atoms with Crippen LogP contribution in [-0.4, -0.2) is 23.3 Å². The highest BCUT2D eigenvalue weighted by Crippen LogP contribution is 2.20. The molecule has 0 aliphatic rings. The number of rotatable bonds is 6. The summed E-state index contributed by atoms with van der Waals surface area (Å²) in [5.74, 6) is 0. The first-order valence-electron chi connectivity index (χ1n) is 6.12. The summed E-state index contributed by atoms with van der Waals surface area (Å²) in [4.78, 5) is 0. The van der Waals surface area contributed by atoms with E-state index in [1.165, 1.54) is 12.8 Å². The molecule has 0 spiro atoms. The van der Waals surface area contributed by atoms with Crippen molar-refractivity contribution in [1.82, 2.24) is 5.32 Å². The minimum Gasteiger partial charge on any atom is -0.391 e. The van der Waals surface area contributed by atoms with Crippen molar-refractivity contribution in [3.05, 3.63) is 0 Å². The molecule has 0 radical (unpaired) electrons. The first-order valence-corrected chi connectivity index (χ1v) is 6.12. The molecule has 3 heteroatoms. The SMILES string of the molecule is CCC(O)C(C)(C)NCCCC(C)(C)C.P. The second-order valence-corrected chi connectivity index (χ2v) is 6.24. The summed E-state index contributed by atoms with van der Waals surface area (Å²) in [5.41, 5.74) is 0.252. The van der Waals surface area contributed by atoms with Gasteiger partial charge in [-0.25, -0.2) is 0 Å². The molecule has 2 N–H and O–H groups in total. The van der Waals surface area contributed by atoms with Crippen molar-refractivity contribution in [2.75, 3.05) is 6.54 Å². The first-order chi connectivity index (χ1) is 6.69. The molecule has 0 saturated carbocycles. The second kappa shape index (κ2) is 7.63. The van der Waals surface area contributed by atoms with Crippen molar-refractivity contribution in [1.29, 1.82) is 0 Å². The Kier molecular flexibility index (Phi) is 8.92. The van der Waals surface area contributed by atoms with Crippen LogP contribution >= 0.6 is 9.90 Å². The third-order valence-corrected chi connectivity index (χ3v) is 2.90. The lowest BCUT2D eigenvalue weighted by Crippen LogP contribution is -2.49. The van der Waals surface area contributed by atoms with Crippen LogP contribution in [0.15, 0.2) is 0 Å². The minimum atomic E-state index is -0.257. The van der Waals surface area contributed by atoms with Gasteiger partial charge in [-0.2, -0.15) is 9.90 Å². The molecule has 0 fully saturated rings.